The van der Waals surface area contributed by atoms with Crippen molar-refractivity contribution in [3.05, 3.63) is 30.1 Å². The van der Waals surface area contributed by atoms with Crippen molar-refractivity contribution in [3.8, 4) is 11.3 Å². The van der Waals surface area contributed by atoms with E-state index in [0.29, 0.717) is 11.6 Å². The highest BCUT2D eigenvalue weighted by Crippen LogP contribution is 2.23. The van der Waals surface area contributed by atoms with Gasteiger partial charge in [-0.2, -0.15) is 0 Å². The van der Waals surface area contributed by atoms with Gasteiger partial charge in [-0.3, -0.25) is 0 Å². The van der Waals surface area contributed by atoms with E-state index in [4.69, 9.17) is 10.3 Å². The summed E-state index contributed by atoms with van der Waals surface area (Å²) in [5, 5.41) is 3.78. The lowest BCUT2D eigenvalue weighted by atomic mass is 10.2. The minimum absolute atomic E-state index is 0.457. The zero-order valence-corrected chi connectivity index (χ0v) is 7.19. The fourth-order valence-corrected chi connectivity index (χ4v) is 1.12. The molecule has 0 bridgehead atoms. The van der Waals surface area contributed by atoms with Gasteiger partial charge in [-0.15, -0.1) is 0 Å². The van der Waals surface area contributed by atoms with Crippen molar-refractivity contribution in [2.24, 2.45) is 0 Å². The van der Waals surface area contributed by atoms with Gasteiger partial charge in [-0.05, 0) is 19.1 Å². The summed E-state index contributed by atoms with van der Waals surface area (Å²) in [7, 11) is 0. The standard InChI is InChI=1S/C9H9N3O/c1-6-5-8(13-12-6)7-3-2-4-11-9(7)10/h2-5H,1H3,(H2,10,11). The molecule has 0 aliphatic rings. The molecule has 66 valence electrons. The fraction of sp³-hybridized carbons (Fsp3) is 0.111. The van der Waals surface area contributed by atoms with Crippen LogP contribution >= 0.6 is 0 Å². The highest BCUT2D eigenvalue weighted by Gasteiger charge is 2.07. The van der Waals surface area contributed by atoms with Crippen LogP contribution in [0.1, 0.15) is 5.69 Å². The summed E-state index contributed by atoms with van der Waals surface area (Å²) in [5.74, 6) is 1.11. The molecule has 0 atom stereocenters. The number of rotatable bonds is 1. The molecule has 4 nitrogen and oxygen atoms in total. The average Bonchev–Trinajstić information content (AvgIpc) is 2.53. The average molecular weight is 175 g/mol. The van der Waals surface area contributed by atoms with Gasteiger partial charge in [0.05, 0.1) is 11.3 Å². The van der Waals surface area contributed by atoms with Crippen LogP contribution in [0.5, 0.6) is 0 Å². The molecule has 4 heteroatoms. The minimum atomic E-state index is 0.457. The number of pyridine rings is 1. The zero-order valence-electron chi connectivity index (χ0n) is 7.19. The summed E-state index contributed by atoms with van der Waals surface area (Å²) in [6.07, 6.45) is 1.64. The molecule has 0 saturated carbocycles. The van der Waals surface area contributed by atoms with Gasteiger partial charge < -0.3 is 10.3 Å². The smallest absolute Gasteiger partial charge is 0.170 e. The first-order chi connectivity index (χ1) is 6.27. The predicted octanol–water partition coefficient (Wildman–Crippen LogP) is 1.63. The van der Waals surface area contributed by atoms with Crippen molar-refractivity contribution in [1.29, 1.82) is 0 Å². The molecule has 2 N–H and O–H groups in total. The lowest BCUT2D eigenvalue weighted by molar-refractivity contribution is 0.427. The van der Waals surface area contributed by atoms with Crippen LogP contribution in [0, 0.1) is 6.92 Å². The highest BCUT2D eigenvalue weighted by molar-refractivity contribution is 5.69. The van der Waals surface area contributed by atoms with Crippen LogP contribution < -0.4 is 5.73 Å². The van der Waals surface area contributed by atoms with Gasteiger partial charge in [0.1, 0.15) is 5.82 Å². The maximum Gasteiger partial charge on any atom is 0.170 e. The second-order valence-electron chi connectivity index (χ2n) is 2.77. The van der Waals surface area contributed by atoms with E-state index >= 15 is 0 Å². The van der Waals surface area contributed by atoms with E-state index in [9.17, 15) is 0 Å². The molecule has 0 aliphatic heterocycles. The Labute approximate surface area is 75.4 Å². The van der Waals surface area contributed by atoms with E-state index in [1.807, 2.05) is 25.1 Å². The first-order valence-corrected chi connectivity index (χ1v) is 3.91. The van der Waals surface area contributed by atoms with Crippen LogP contribution in [0.4, 0.5) is 5.82 Å². The third-order valence-electron chi connectivity index (χ3n) is 1.73. The zero-order chi connectivity index (χ0) is 9.26. The Bertz CT molecular complexity index is 422. The second kappa shape index (κ2) is 2.90. The predicted molar refractivity (Wildman–Crippen MR) is 48.9 cm³/mol. The van der Waals surface area contributed by atoms with Gasteiger partial charge in [0, 0.05) is 12.3 Å². The second-order valence-corrected chi connectivity index (χ2v) is 2.77. The first-order valence-electron chi connectivity index (χ1n) is 3.91. The van der Waals surface area contributed by atoms with E-state index < -0.39 is 0 Å². The fourth-order valence-electron chi connectivity index (χ4n) is 1.12. The molecule has 0 fully saturated rings. The summed E-state index contributed by atoms with van der Waals surface area (Å²) < 4.78 is 5.06. The molecule has 0 aromatic carbocycles. The maximum atomic E-state index is 5.66. The van der Waals surface area contributed by atoms with Crippen molar-refractivity contribution in [2.75, 3.05) is 5.73 Å². The van der Waals surface area contributed by atoms with Gasteiger partial charge in [-0.1, -0.05) is 5.16 Å². The third-order valence-corrected chi connectivity index (χ3v) is 1.73. The largest absolute Gasteiger partial charge is 0.383 e. The number of nitrogens with two attached hydrogens (primary N) is 1. The number of anilines is 1. The topological polar surface area (TPSA) is 64.9 Å². The van der Waals surface area contributed by atoms with Crippen LogP contribution in [0.3, 0.4) is 0 Å². The molecule has 0 saturated heterocycles. The van der Waals surface area contributed by atoms with E-state index in [-0.39, 0.29) is 0 Å². The van der Waals surface area contributed by atoms with Gasteiger partial charge in [0.25, 0.3) is 0 Å². The van der Waals surface area contributed by atoms with Crippen LogP contribution in [0.25, 0.3) is 11.3 Å². The quantitative estimate of drug-likeness (QED) is 0.715. The summed E-state index contributed by atoms with van der Waals surface area (Å²) in [6.45, 7) is 1.86. The minimum Gasteiger partial charge on any atom is -0.383 e. The van der Waals surface area contributed by atoms with Crippen LogP contribution in [0.15, 0.2) is 28.9 Å². The Balaban J connectivity index is 2.52. The Hall–Kier alpha value is -1.84. The lowest BCUT2D eigenvalue weighted by Crippen LogP contribution is -1.91. The number of hydrogen-bond donors (Lipinski definition) is 1. The van der Waals surface area contributed by atoms with Gasteiger partial charge in [-0.25, -0.2) is 4.98 Å². The van der Waals surface area contributed by atoms with E-state index in [0.717, 1.165) is 11.3 Å². The molecule has 0 unspecified atom stereocenters. The molecule has 2 aromatic heterocycles. The number of aryl methyl sites for hydroxylation is 1. The van der Waals surface area contributed by atoms with Gasteiger partial charge in [0.15, 0.2) is 5.76 Å². The van der Waals surface area contributed by atoms with Crippen molar-refractivity contribution in [3.63, 3.8) is 0 Å². The Morgan fingerprint density at radius 1 is 1.46 bits per heavy atom. The SMILES string of the molecule is Cc1cc(-c2cccnc2N)on1. The summed E-state index contributed by atoms with van der Waals surface area (Å²) >= 11 is 0. The number of nitrogens with zero attached hydrogens (tertiary/aromatic N) is 2. The van der Waals surface area contributed by atoms with Crippen molar-refractivity contribution in [2.45, 2.75) is 6.92 Å². The summed E-state index contributed by atoms with van der Waals surface area (Å²) in [6, 6.07) is 5.49. The Kier molecular flexibility index (Phi) is 1.73. The summed E-state index contributed by atoms with van der Waals surface area (Å²) in [5.41, 5.74) is 7.28. The number of hydrogen-bond acceptors (Lipinski definition) is 4. The maximum absolute atomic E-state index is 5.66. The molecule has 0 spiro atoms. The Morgan fingerprint density at radius 2 is 2.31 bits per heavy atom. The molecule has 2 aromatic rings. The molecule has 0 amide bonds. The van der Waals surface area contributed by atoms with Crippen LogP contribution in [-0.4, -0.2) is 10.1 Å². The molecular formula is C9H9N3O. The summed E-state index contributed by atoms with van der Waals surface area (Å²) in [4.78, 5) is 3.95. The molecule has 13 heavy (non-hydrogen) atoms. The monoisotopic (exact) mass is 175 g/mol. The van der Waals surface area contributed by atoms with Gasteiger partial charge >= 0.3 is 0 Å². The van der Waals surface area contributed by atoms with Crippen LogP contribution in [-0.2, 0) is 0 Å². The van der Waals surface area contributed by atoms with Crippen molar-refractivity contribution < 1.29 is 4.52 Å². The molecular weight excluding hydrogens is 166 g/mol. The normalized spacial score (nSPS) is 10.2. The highest BCUT2D eigenvalue weighted by atomic mass is 16.5. The van der Waals surface area contributed by atoms with E-state index in [1.165, 1.54) is 0 Å². The van der Waals surface area contributed by atoms with E-state index in [2.05, 4.69) is 10.1 Å². The van der Waals surface area contributed by atoms with Crippen LogP contribution in [0.2, 0.25) is 0 Å². The van der Waals surface area contributed by atoms with Crippen molar-refractivity contribution in [1.82, 2.24) is 10.1 Å². The van der Waals surface area contributed by atoms with Gasteiger partial charge in [0.2, 0.25) is 0 Å². The third kappa shape index (κ3) is 1.38. The molecule has 2 rings (SSSR count). The first kappa shape index (κ1) is 7.79. The molecule has 2 heterocycles. The lowest BCUT2D eigenvalue weighted by Gasteiger charge is -1.97. The number of nitrogen functional groups attached to an aromatic ring is 1. The number of aromatic nitrogens is 2. The molecule has 0 radical (unpaired) electrons. The molecule has 0 aliphatic carbocycles. The van der Waals surface area contributed by atoms with E-state index in [1.54, 1.807) is 6.20 Å². The van der Waals surface area contributed by atoms with Crippen molar-refractivity contribution >= 4 is 5.82 Å². The Morgan fingerprint density at radius 3 is 2.92 bits per heavy atom.